The standard InChI is InChI=1S/C8H15ClN2O/c1-7(3-4-10)11(2)6-8(12)5-9/h7-8,12H,3,5-6H2,1-2H3. The first kappa shape index (κ1) is 11.7. The predicted octanol–water partition coefficient (Wildman–Crippen LogP) is 0.820. The summed E-state index contributed by atoms with van der Waals surface area (Å²) in [5, 5.41) is 17.6. The van der Waals surface area contributed by atoms with Gasteiger partial charge >= 0.3 is 0 Å². The third-order valence-electron chi connectivity index (χ3n) is 1.82. The molecule has 0 bridgehead atoms. The van der Waals surface area contributed by atoms with Gasteiger partial charge in [-0.25, -0.2) is 0 Å². The van der Waals surface area contributed by atoms with E-state index in [1.165, 1.54) is 0 Å². The van der Waals surface area contributed by atoms with Gasteiger partial charge in [0.1, 0.15) is 0 Å². The summed E-state index contributed by atoms with van der Waals surface area (Å²) in [6.07, 6.45) is -0.0243. The number of nitriles is 1. The molecular formula is C8H15ClN2O. The van der Waals surface area contributed by atoms with Gasteiger partial charge in [-0.05, 0) is 14.0 Å². The fraction of sp³-hybridized carbons (Fsp3) is 0.875. The Morgan fingerprint density at radius 3 is 2.67 bits per heavy atom. The maximum atomic E-state index is 9.19. The Labute approximate surface area is 78.5 Å². The predicted molar refractivity (Wildman–Crippen MR) is 49.0 cm³/mol. The first-order chi connectivity index (χ1) is 5.61. The molecule has 0 radical (unpaired) electrons. The molecule has 0 heterocycles. The molecule has 0 fully saturated rings. The van der Waals surface area contributed by atoms with E-state index in [-0.39, 0.29) is 11.9 Å². The molecule has 0 saturated carbocycles. The molecule has 0 aromatic rings. The van der Waals surface area contributed by atoms with E-state index in [1.54, 1.807) is 0 Å². The molecule has 0 spiro atoms. The van der Waals surface area contributed by atoms with Crippen molar-refractivity contribution in [1.82, 2.24) is 4.90 Å². The summed E-state index contributed by atoms with van der Waals surface area (Å²) in [5.74, 6) is 0.240. The van der Waals surface area contributed by atoms with Gasteiger partial charge in [0.15, 0.2) is 0 Å². The molecule has 0 aliphatic heterocycles. The number of hydrogen-bond acceptors (Lipinski definition) is 3. The second kappa shape index (κ2) is 6.24. The van der Waals surface area contributed by atoms with Gasteiger partial charge in [-0.2, -0.15) is 5.26 Å². The highest BCUT2D eigenvalue weighted by Gasteiger charge is 2.12. The van der Waals surface area contributed by atoms with Crippen LogP contribution in [0, 0.1) is 11.3 Å². The van der Waals surface area contributed by atoms with Gasteiger partial charge in [0.05, 0.1) is 18.6 Å². The van der Waals surface area contributed by atoms with Gasteiger partial charge in [-0.3, -0.25) is 0 Å². The summed E-state index contributed by atoms with van der Waals surface area (Å²) in [4.78, 5) is 1.93. The molecule has 0 amide bonds. The van der Waals surface area contributed by atoms with Crippen molar-refractivity contribution < 1.29 is 5.11 Å². The molecule has 12 heavy (non-hydrogen) atoms. The van der Waals surface area contributed by atoms with E-state index in [2.05, 4.69) is 6.07 Å². The molecule has 0 aromatic heterocycles. The van der Waals surface area contributed by atoms with Gasteiger partial charge in [0.25, 0.3) is 0 Å². The first-order valence-electron chi connectivity index (χ1n) is 3.93. The number of aliphatic hydroxyl groups excluding tert-OH is 1. The van der Waals surface area contributed by atoms with E-state index in [4.69, 9.17) is 16.9 Å². The fourth-order valence-electron chi connectivity index (χ4n) is 0.849. The van der Waals surface area contributed by atoms with E-state index >= 15 is 0 Å². The summed E-state index contributed by atoms with van der Waals surface area (Å²) in [6.45, 7) is 2.47. The van der Waals surface area contributed by atoms with E-state index < -0.39 is 6.10 Å². The largest absolute Gasteiger partial charge is 0.391 e. The van der Waals surface area contributed by atoms with E-state index in [0.717, 1.165) is 0 Å². The lowest BCUT2D eigenvalue weighted by Crippen LogP contribution is -2.36. The molecule has 0 aliphatic rings. The first-order valence-corrected chi connectivity index (χ1v) is 4.46. The average Bonchev–Trinajstić information content (AvgIpc) is 2.04. The zero-order chi connectivity index (χ0) is 9.56. The molecule has 2 unspecified atom stereocenters. The Morgan fingerprint density at radius 1 is 1.67 bits per heavy atom. The Balaban J connectivity index is 3.71. The summed E-state index contributed by atoms with van der Waals surface area (Å²) in [7, 11) is 1.87. The number of aliphatic hydroxyl groups is 1. The van der Waals surface area contributed by atoms with E-state index in [9.17, 15) is 5.11 Å². The third-order valence-corrected chi connectivity index (χ3v) is 2.17. The molecule has 3 nitrogen and oxygen atoms in total. The third kappa shape index (κ3) is 4.55. The highest BCUT2D eigenvalue weighted by Crippen LogP contribution is 2.01. The summed E-state index contributed by atoms with van der Waals surface area (Å²) in [5.41, 5.74) is 0. The molecule has 4 heteroatoms. The zero-order valence-corrected chi connectivity index (χ0v) is 8.25. The summed E-state index contributed by atoms with van der Waals surface area (Å²) < 4.78 is 0. The Morgan fingerprint density at radius 2 is 2.25 bits per heavy atom. The minimum atomic E-state index is -0.502. The Hall–Kier alpha value is -0.300. The smallest absolute Gasteiger partial charge is 0.0802 e. The SMILES string of the molecule is CC(CC#N)N(C)CC(O)CCl. The quantitative estimate of drug-likeness (QED) is 0.653. The second-order valence-corrected chi connectivity index (χ2v) is 3.27. The van der Waals surface area contributed by atoms with Crippen molar-refractivity contribution >= 4 is 11.6 Å². The summed E-state index contributed by atoms with van der Waals surface area (Å²) in [6, 6.07) is 2.26. The lowest BCUT2D eigenvalue weighted by molar-refractivity contribution is 0.125. The van der Waals surface area contributed by atoms with Crippen LogP contribution in [0.1, 0.15) is 13.3 Å². The second-order valence-electron chi connectivity index (χ2n) is 2.96. The van der Waals surface area contributed by atoms with Crippen LogP contribution in [-0.4, -0.2) is 41.6 Å². The number of rotatable bonds is 5. The van der Waals surface area contributed by atoms with E-state index in [0.29, 0.717) is 13.0 Å². The van der Waals surface area contributed by atoms with Crippen molar-refractivity contribution in [2.24, 2.45) is 0 Å². The summed E-state index contributed by atoms with van der Waals surface area (Å²) >= 11 is 5.44. The number of halogens is 1. The molecule has 0 aliphatic carbocycles. The lowest BCUT2D eigenvalue weighted by Gasteiger charge is -2.24. The van der Waals surface area contributed by atoms with Crippen LogP contribution in [0.15, 0.2) is 0 Å². The van der Waals surface area contributed by atoms with Crippen LogP contribution in [0.25, 0.3) is 0 Å². The highest BCUT2D eigenvalue weighted by molar-refractivity contribution is 6.18. The topological polar surface area (TPSA) is 47.3 Å². The highest BCUT2D eigenvalue weighted by atomic mass is 35.5. The minimum absolute atomic E-state index is 0.174. The molecule has 0 aromatic carbocycles. The normalized spacial score (nSPS) is 15.7. The molecule has 0 rings (SSSR count). The van der Waals surface area contributed by atoms with Crippen molar-refractivity contribution in [3.05, 3.63) is 0 Å². The van der Waals surface area contributed by atoms with Crippen LogP contribution in [0.3, 0.4) is 0 Å². The number of likely N-dealkylation sites (N-methyl/N-ethyl adjacent to an activating group) is 1. The minimum Gasteiger partial charge on any atom is -0.391 e. The number of nitrogens with zero attached hydrogens (tertiary/aromatic N) is 2. The average molecular weight is 191 g/mol. The van der Waals surface area contributed by atoms with Crippen LogP contribution in [-0.2, 0) is 0 Å². The van der Waals surface area contributed by atoms with Crippen molar-refractivity contribution in [3.8, 4) is 6.07 Å². The van der Waals surface area contributed by atoms with Gasteiger partial charge in [-0.15, -0.1) is 11.6 Å². The van der Waals surface area contributed by atoms with Gasteiger partial charge < -0.3 is 10.0 Å². The monoisotopic (exact) mass is 190 g/mol. The van der Waals surface area contributed by atoms with Crippen molar-refractivity contribution in [2.75, 3.05) is 19.5 Å². The van der Waals surface area contributed by atoms with Crippen LogP contribution in [0.5, 0.6) is 0 Å². The van der Waals surface area contributed by atoms with Crippen LogP contribution in [0.2, 0.25) is 0 Å². The van der Waals surface area contributed by atoms with Crippen LogP contribution >= 0.6 is 11.6 Å². The van der Waals surface area contributed by atoms with Gasteiger partial charge in [0, 0.05) is 18.5 Å². The molecular weight excluding hydrogens is 176 g/mol. The van der Waals surface area contributed by atoms with E-state index in [1.807, 2.05) is 18.9 Å². The Bertz CT molecular complexity index is 158. The molecule has 70 valence electrons. The molecule has 1 N–H and O–H groups in total. The fourth-order valence-corrected chi connectivity index (χ4v) is 0.947. The maximum Gasteiger partial charge on any atom is 0.0802 e. The van der Waals surface area contributed by atoms with Crippen molar-refractivity contribution in [2.45, 2.75) is 25.5 Å². The van der Waals surface area contributed by atoms with Gasteiger partial charge in [0.2, 0.25) is 0 Å². The lowest BCUT2D eigenvalue weighted by atomic mass is 10.2. The van der Waals surface area contributed by atoms with Crippen molar-refractivity contribution in [1.29, 1.82) is 5.26 Å². The van der Waals surface area contributed by atoms with Crippen molar-refractivity contribution in [3.63, 3.8) is 0 Å². The van der Waals surface area contributed by atoms with Crippen LogP contribution < -0.4 is 0 Å². The maximum absolute atomic E-state index is 9.19. The zero-order valence-electron chi connectivity index (χ0n) is 7.50. The number of hydrogen-bond donors (Lipinski definition) is 1. The van der Waals surface area contributed by atoms with Crippen LogP contribution in [0.4, 0.5) is 0 Å². The molecule has 2 atom stereocenters. The Kier molecular flexibility index (Phi) is 6.09. The van der Waals surface area contributed by atoms with Gasteiger partial charge in [-0.1, -0.05) is 0 Å². The molecule has 0 saturated heterocycles. The number of alkyl halides is 1.